The number of aryl methyl sites for hydroxylation is 2. The average Bonchev–Trinajstić information content (AvgIpc) is 3.32. The highest BCUT2D eigenvalue weighted by atomic mass is 35.5. The van der Waals surface area contributed by atoms with Crippen LogP contribution in [0.25, 0.3) is 0 Å². The molecule has 36 heavy (non-hydrogen) atoms. The maximum Gasteiger partial charge on any atom is 0.276 e. The quantitative estimate of drug-likeness (QED) is 0.328. The third-order valence-electron chi connectivity index (χ3n) is 4.94. The number of carbonyl (C=O) groups is 1. The van der Waals surface area contributed by atoms with E-state index < -0.39 is 15.9 Å². The molecule has 10 nitrogen and oxygen atoms in total. The fourth-order valence-corrected chi connectivity index (χ4v) is 4.37. The highest BCUT2D eigenvalue weighted by Crippen LogP contribution is 2.26. The summed E-state index contributed by atoms with van der Waals surface area (Å²) in [6.07, 6.45) is 1.62. The van der Waals surface area contributed by atoms with Gasteiger partial charge in [0.15, 0.2) is 23.4 Å². The van der Waals surface area contributed by atoms with Gasteiger partial charge >= 0.3 is 0 Å². The zero-order chi connectivity index (χ0) is 25.9. The molecule has 186 valence electrons. The molecule has 0 aliphatic heterocycles. The average molecular weight is 547 g/mol. The van der Waals surface area contributed by atoms with E-state index in [2.05, 4.69) is 25.3 Å². The van der Waals surface area contributed by atoms with E-state index in [-0.39, 0.29) is 28.3 Å². The van der Waals surface area contributed by atoms with Gasteiger partial charge in [0.1, 0.15) is 5.75 Å². The molecule has 13 heteroatoms. The second kappa shape index (κ2) is 10.5. The Morgan fingerprint density at radius 3 is 2.33 bits per heavy atom. The van der Waals surface area contributed by atoms with Gasteiger partial charge in [-0.15, -0.1) is 10.2 Å². The molecule has 2 heterocycles. The summed E-state index contributed by atoms with van der Waals surface area (Å²) < 4.78 is 34.6. The summed E-state index contributed by atoms with van der Waals surface area (Å²) in [5.41, 5.74) is 2.37. The van der Waals surface area contributed by atoms with Gasteiger partial charge in [-0.25, -0.2) is 13.1 Å². The van der Waals surface area contributed by atoms with Crippen LogP contribution in [0.5, 0.6) is 5.75 Å². The van der Waals surface area contributed by atoms with Crippen LogP contribution in [-0.4, -0.2) is 34.3 Å². The number of anilines is 2. The Hall–Kier alpha value is -3.67. The Morgan fingerprint density at radius 1 is 1.00 bits per heavy atom. The molecular formula is C23H20Cl2N6O4S. The minimum absolute atomic E-state index is 0.0219. The molecule has 0 saturated heterocycles. The molecule has 0 saturated carbocycles. The predicted octanol–water partition coefficient (Wildman–Crippen LogP) is 4.69. The molecule has 0 atom stereocenters. The van der Waals surface area contributed by atoms with E-state index in [0.29, 0.717) is 16.5 Å². The van der Waals surface area contributed by atoms with Crippen molar-refractivity contribution < 1.29 is 17.9 Å². The standard InChI is InChI=1S/C23H20Cl2N6O4S/c1-14-11-17(12-15(2)22(14)25)35-13-31-10-9-19(29-31)23(32)26-16-3-5-18(6-4-16)36(33,34)30-21-8-7-20(24)27-28-21/h3-12H,13H2,1-2H3,(H,26,32)(H,28,30). The topological polar surface area (TPSA) is 128 Å². The van der Waals surface area contributed by atoms with Crippen molar-refractivity contribution in [3.63, 3.8) is 0 Å². The fourth-order valence-electron chi connectivity index (χ4n) is 3.16. The SMILES string of the molecule is Cc1cc(OCn2ccc(C(=O)Nc3ccc(S(=O)(=O)Nc4ccc(Cl)nn4)cc3)n2)cc(C)c1Cl. The van der Waals surface area contributed by atoms with E-state index >= 15 is 0 Å². The number of aromatic nitrogens is 4. The second-order valence-corrected chi connectivity index (χ2v) is 10.2. The molecule has 0 aliphatic carbocycles. The summed E-state index contributed by atoms with van der Waals surface area (Å²) in [6, 6.07) is 13.6. The lowest BCUT2D eigenvalue weighted by Gasteiger charge is -2.10. The van der Waals surface area contributed by atoms with E-state index in [1.54, 1.807) is 12.3 Å². The van der Waals surface area contributed by atoms with E-state index in [1.165, 1.54) is 41.1 Å². The lowest BCUT2D eigenvalue weighted by molar-refractivity contribution is 0.102. The first-order valence-corrected chi connectivity index (χ1v) is 12.7. The van der Waals surface area contributed by atoms with E-state index in [1.807, 2.05) is 26.0 Å². The highest BCUT2D eigenvalue weighted by molar-refractivity contribution is 7.92. The molecule has 1 amide bonds. The van der Waals surface area contributed by atoms with Crippen molar-refractivity contribution in [1.29, 1.82) is 0 Å². The molecule has 2 aromatic heterocycles. The van der Waals surface area contributed by atoms with Crippen molar-refractivity contribution in [3.8, 4) is 5.75 Å². The number of halogens is 2. The maximum absolute atomic E-state index is 12.6. The first-order valence-electron chi connectivity index (χ1n) is 10.5. The van der Waals surface area contributed by atoms with Gasteiger partial charge in [0, 0.05) is 16.9 Å². The Kier molecular flexibility index (Phi) is 7.43. The van der Waals surface area contributed by atoms with Crippen LogP contribution in [0.4, 0.5) is 11.5 Å². The number of amides is 1. The number of hydrogen-bond acceptors (Lipinski definition) is 7. The van der Waals surface area contributed by atoms with Crippen LogP contribution in [0, 0.1) is 13.8 Å². The molecule has 0 fully saturated rings. The van der Waals surface area contributed by atoms with Gasteiger partial charge in [-0.1, -0.05) is 23.2 Å². The van der Waals surface area contributed by atoms with Crippen LogP contribution in [0.15, 0.2) is 65.7 Å². The van der Waals surface area contributed by atoms with Gasteiger partial charge in [-0.2, -0.15) is 5.10 Å². The van der Waals surface area contributed by atoms with E-state index in [0.717, 1.165) is 11.1 Å². The summed E-state index contributed by atoms with van der Waals surface area (Å²) >= 11 is 11.8. The highest BCUT2D eigenvalue weighted by Gasteiger charge is 2.16. The van der Waals surface area contributed by atoms with Crippen molar-refractivity contribution in [3.05, 3.63) is 87.8 Å². The zero-order valence-electron chi connectivity index (χ0n) is 19.1. The van der Waals surface area contributed by atoms with Crippen LogP contribution in [0.1, 0.15) is 21.6 Å². The summed E-state index contributed by atoms with van der Waals surface area (Å²) in [4.78, 5) is 12.6. The van der Waals surface area contributed by atoms with E-state index in [4.69, 9.17) is 27.9 Å². The van der Waals surface area contributed by atoms with Crippen LogP contribution >= 0.6 is 23.2 Å². The minimum Gasteiger partial charge on any atom is -0.471 e. The zero-order valence-corrected chi connectivity index (χ0v) is 21.4. The van der Waals surface area contributed by atoms with Crippen molar-refractivity contribution in [2.24, 2.45) is 0 Å². The lowest BCUT2D eigenvalue weighted by atomic mass is 10.1. The number of rotatable bonds is 8. The molecule has 4 aromatic rings. The Balaban J connectivity index is 1.36. The summed E-state index contributed by atoms with van der Waals surface area (Å²) in [5.74, 6) is 0.207. The third-order valence-corrected chi connectivity index (χ3v) is 7.11. The first-order chi connectivity index (χ1) is 17.1. The van der Waals surface area contributed by atoms with Crippen molar-refractivity contribution in [2.45, 2.75) is 25.5 Å². The molecule has 0 radical (unpaired) electrons. The Labute approximate surface area is 217 Å². The van der Waals surface area contributed by atoms with Crippen LogP contribution in [-0.2, 0) is 16.8 Å². The summed E-state index contributed by atoms with van der Waals surface area (Å²) in [6.45, 7) is 3.89. The van der Waals surface area contributed by atoms with Crippen LogP contribution < -0.4 is 14.8 Å². The molecular weight excluding hydrogens is 527 g/mol. The second-order valence-electron chi connectivity index (χ2n) is 7.71. The number of nitrogens with one attached hydrogen (secondary N) is 2. The largest absolute Gasteiger partial charge is 0.471 e. The first kappa shape index (κ1) is 25.4. The predicted molar refractivity (Wildman–Crippen MR) is 136 cm³/mol. The van der Waals surface area contributed by atoms with Crippen molar-refractivity contribution in [2.75, 3.05) is 10.0 Å². The smallest absolute Gasteiger partial charge is 0.276 e. The third kappa shape index (κ3) is 6.11. The van der Waals surface area contributed by atoms with Gasteiger partial charge in [0.05, 0.1) is 4.90 Å². The molecule has 4 rings (SSSR count). The van der Waals surface area contributed by atoms with Crippen LogP contribution in [0.2, 0.25) is 10.2 Å². The monoisotopic (exact) mass is 546 g/mol. The molecule has 0 aliphatic rings. The molecule has 0 spiro atoms. The number of ether oxygens (including phenoxy) is 1. The van der Waals surface area contributed by atoms with Crippen LogP contribution in [0.3, 0.4) is 0 Å². The van der Waals surface area contributed by atoms with Crippen molar-refractivity contribution in [1.82, 2.24) is 20.0 Å². The Morgan fingerprint density at radius 2 is 1.69 bits per heavy atom. The number of sulfonamides is 1. The molecule has 0 bridgehead atoms. The van der Waals surface area contributed by atoms with Gasteiger partial charge in [-0.05, 0) is 79.6 Å². The van der Waals surface area contributed by atoms with Crippen molar-refractivity contribution >= 4 is 50.6 Å². The van der Waals surface area contributed by atoms with Gasteiger partial charge in [-0.3, -0.25) is 9.52 Å². The number of nitrogens with zero attached hydrogens (tertiary/aromatic N) is 4. The number of carbonyl (C=O) groups excluding carboxylic acids is 1. The van der Waals surface area contributed by atoms with Gasteiger partial charge < -0.3 is 10.1 Å². The molecule has 2 N–H and O–H groups in total. The van der Waals surface area contributed by atoms with E-state index in [9.17, 15) is 13.2 Å². The summed E-state index contributed by atoms with van der Waals surface area (Å²) in [7, 11) is -3.90. The fraction of sp³-hybridized carbons (Fsp3) is 0.130. The lowest BCUT2D eigenvalue weighted by Crippen LogP contribution is -2.16. The number of benzene rings is 2. The summed E-state index contributed by atoms with van der Waals surface area (Å²) in [5, 5.41) is 15.0. The Bertz CT molecular complexity index is 1480. The molecule has 0 unspecified atom stereocenters. The van der Waals surface area contributed by atoms with Gasteiger partial charge in [0.2, 0.25) is 0 Å². The normalized spacial score (nSPS) is 11.2. The minimum atomic E-state index is -3.90. The maximum atomic E-state index is 12.6. The molecule has 2 aromatic carbocycles. The number of hydrogen-bond donors (Lipinski definition) is 2. The van der Waals surface area contributed by atoms with Gasteiger partial charge in [0.25, 0.3) is 15.9 Å².